The zero-order valence-corrected chi connectivity index (χ0v) is 50.1. The van der Waals surface area contributed by atoms with E-state index >= 15 is 0 Å². The molecule has 4 atom stereocenters. The van der Waals surface area contributed by atoms with Gasteiger partial charge in [0.1, 0.15) is 41.3 Å². The number of nitrogens with zero attached hydrogens (tertiary/aromatic N) is 7. The highest BCUT2D eigenvalue weighted by molar-refractivity contribution is 7.15. The number of carbonyl (C=O) groups excluding carboxylic acids is 4. The summed E-state index contributed by atoms with van der Waals surface area (Å²) in [6, 6.07) is 18.4. The highest BCUT2D eigenvalue weighted by atomic mass is 35.5. The molecule has 23 heteroatoms. The lowest BCUT2D eigenvalue weighted by atomic mass is 9.99. The minimum absolute atomic E-state index is 0.00826. The Morgan fingerprint density at radius 1 is 0.819 bits per heavy atom. The molecule has 0 unspecified atom stereocenters. The molecule has 0 aliphatic carbocycles. The predicted octanol–water partition coefficient (Wildman–Crippen LogP) is 7.16. The predicted molar refractivity (Wildman–Crippen MR) is 316 cm³/mol. The smallest absolute Gasteiger partial charge is 0.255 e. The van der Waals surface area contributed by atoms with E-state index < -0.39 is 30.1 Å². The van der Waals surface area contributed by atoms with Crippen LogP contribution in [0.4, 0.5) is 0 Å². The molecule has 1 fully saturated rings. The quantitative estimate of drug-likeness (QED) is 0.0396. The van der Waals surface area contributed by atoms with Crippen molar-refractivity contribution in [3.8, 4) is 21.2 Å². The number of aliphatic imine (C=N–C) groups is 1. The number of carbonyl (C=O) groups is 4. The fraction of sp³-hybridized carbons (Fsp3) is 0.467. The van der Waals surface area contributed by atoms with Crippen molar-refractivity contribution in [2.24, 2.45) is 10.9 Å². The second kappa shape index (κ2) is 28.9. The van der Waals surface area contributed by atoms with Crippen LogP contribution in [0, 0.1) is 33.6 Å². The summed E-state index contributed by atoms with van der Waals surface area (Å²) in [7, 11) is 0. The third-order valence-corrected chi connectivity index (χ3v) is 17.2. The van der Waals surface area contributed by atoms with Crippen molar-refractivity contribution in [2.75, 3.05) is 85.8 Å². The number of aryl methyl sites for hydroxylation is 3. The van der Waals surface area contributed by atoms with E-state index in [2.05, 4.69) is 39.7 Å². The van der Waals surface area contributed by atoms with Gasteiger partial charge in [0, 0.05) is 64.8 Å². The van der Waals surface area contributed by atoms with Gasteiger partial charge in [-0.3, -0.25) is 28.7 Å². The van der Waals surface area contributed by atoms with Gasteiger partial charge in [0.15, 0.2) is 5.82 Å². The van der Waals surface area contributed by atoms with Gasteiger partial charge in [0.05, 0.1) is 100 Å². The maximum absolute atomic E-state index is 14.3. The zero-order valence-electron chi connectivity index (χ0n) is 47.7. The lowest BCUT2D eigenvalue weighted by Crippen LogP contribution is -2.55. The molecule has 442 valence electrons. The molecule has 9 rings (SSSR count). The lowest BCUT2D eigenvalue weighted by molar-refractivity contribution is -0.143. The highest BCUT2D eigenvalue weighted by Crippen LogP contribution is 2.40. The zero-order chi connectivity index (χ0) is 58.6. The number of amides is 4. The van der Waals surface area contributed by atoms with E-state index in [4.69, 9.17) is 45.0 Å². The lowest BCUT2D eigenvalue weighted by Gasteiger charge is -2.35. The average molecular weight is 1190 g/mol. The van der Waals surface area contributed by atoms with Crippen molar-refractivity contribution in [3.63, 3.8) is 0 Å². The Morgan fingerprint density at radius 2 is 1.48 bits per heavy atom. The Bertz CT molecular complexity index is 3260. The van der Waals surface area contributed by atoms with Gasteiger partial charge in [-0.25, -0.2) is 4.98 Å². The molecular weight excluding hydrogens is 1120 g/mol. The number of thiophene rings is 1. The highest BCUT2D eigenvalue weighted by Gasteiger charge is 2.46. The molecule has 0 saturated carbocycles. The van der Waals surface area contributed by atoms with Crippen LogP contribution in [0.5, 0.6) is 5.75 Å². The van der Waals surface area contributed by atoms with Crippen molar-refractivity contribution in [1.82, 2.24) is 40.2 Å². The first-order chi connectivity index (χ1) is 40.2. The van der Waals surface area contributed by atoms with Crippen molar-refractivity contribution in [2.45, 2.75) is 91.7 Å². The number of hydrogen-bond acceptors (Lipinski definition) is 17. The molecule has 3 N–H and O–H groups in total. The van der Waals surface area contributed by atoms with Crippen LogP contribution in [0.15, 0.2) is 77.2 Å². The summed E-state index contributed by atoms with van der Waals surface area (Å²) < 4.78 is 36.8. The number of likely N-dealkylation sites (tertiary alicyclic amines) is 1. The molecule has 3 aromatic carbocycles. The van der Waals surface area contributed by atoms with Crippen LogP contribution in [0.2, 0.25) is 5.02 Å². The average Bonchev–Trinajstić information content (AvgIpc) is 4.18. The van der Waals surface area contributed by atoms with Gasteiger partial charge in [0.2, 0.25) is 17.7 Å². The van der Waals surface area contributed by atoms with Crippen molar-refractivity contribution in [1.29, 1.82) is 0 Å². The molecule has 20 nitrogen and oxygen atoms in total. The normalized spacial score (nSPS) is 16.9. The molecule has 3 aromatic heterocycles. The van der Waals surface area contributed by atoms with Crippen molar-refractivity contribution in [3.05, 3.63) is 133 Å². The van der Waals surface area contributed by atoms with Crippen LogP contribution in [-0.4, -0.2) is 168 Å². The monoisotopic (exact) mass is 1190 g/mol. The number of halogens is 1. The maximum Gasteiger partial charge on any atom is 0.255 e. The number of fused-ring (bicyclic) bond motifs is 4. The first-order valence-corrected chi connectivity index (χ1v) is 30.1. The van der Waals surface area contributed by atoms with Crippen LogP contribution in [-0.2, 0) is 51.2 Å². The second-order valence-corrected chi connectivity index (χ2v) is 23.3. The van der Waals surface area contributed by atoms with Gasteiger partial charge in [-0.05, 0) is 74.6 Å². The number of aliphatic hydroxyl groups excluding tert-OH is 1. The molecule has 0 spiro atoms. The van der Waals surface area contributed by atoms with Crippen LogP contribution >= 0.6 is 34.3 Å². The molecule has 4 amide bonds. The van der Waals surface area contributed by atoms with Crippen molar-refractivity contribution < 1.29 is 52.7 Å². The van der Waals surface area contributed by atoms with Crippen LogP contribution < -0.4 is 15.4 Å². The molecule has 0 radical (unpaired) electrons. The third kappa shape index (κ3) is 14.9. The Labute approximate surface area is 496 Å². The summed E-state index contributed by atoms with van der Waals surface area (Å²) in [5.74, 6) is 0.517. The number of benzene rings is 3. The Kier molecular flexibility index (Phi) is 21.3. The van der Waals surface area contributed by atoms with E-state index in [0.717, 1.165) is 60.5 Å². The first kappa shape index (κ1) is 61.1. The Balaban J connectivity index is 0.633. The van der Waals surface area contributed by atoms with E-state index in [0.29, 0.717) is 94.7 Å². The summed E-state index contributed by atoms with van der Waals surface area (Å²) in [5, 5.41) is 27.2. The fourth-order valence-electron chi connectivity index (χ4n) is 10.4. The second-order valence-electron chi connectivity index (χ2n) is 20.9. The summed E-state index contributed by atoms with van der Waals surface area (Å²) in [6.07, 6.45) is -0.722. The Hall–Kier alpha value is -6.47. The number of rotatable bonds is 29. The van der Waals surface area contributed by atoms with Gasteiger partial charge in [-0.1, -0.05) is 67.9 Å². The number of ether oxygens (including phenoxy) is 6. The summed E-state index contributed by atoms with van der Waals surface area (Å²) in [6.45, 7) is 16.4. The standard InChI is InChI=1S/C60H72ClN9O11S2/c1-36(2)54(69-33-44-9-7-8-10-47(44)58(69)74)59(75)68-34-46(71)30-49(68)57(73)63-32-43-12-11-42(55-38(4)64-35-82-55)29-50(43)81-28-27-80-26-25-79-24-23-78-22-21-77-20-19-76-18-17-62-51(72)31-48-56-67-66-40(6)70(56)60-52(37(3)39(5)83-60)53(65-48)41-13-15-45(61)16-14-41/h7-16,29,35-36,46,48-49,54,71H,17-28,30-34H2,1-6H3,(H,62,72)(H,63,73)/t46-,48+,49+,54+/m1/s1. The van der Waals surface area contributed by atoms with Gasteiger partial charge < -0.3 is 54.0 Å². The third-order valence-electron chi connectivity index (χ3n) is 14.7. The molecule has 3 aliphatic heterocycles. The van der Waals surface area contributed by atoms with Gasteiger partial charge in [0.25, 0.3) is 5.91 Å². The van der Waals surface area contributed by atoms with E-state index in [9.17, 15) is 24.3 Å². The number of aliphatic hydroxyl groups is 1. The minimum atomic E-state index is -0.920. The first-order valence-electron chi connectivity index (χ1n) is 28.0. The van der Waals surface area contributed by atoms with E-state index in [1.807, 2.05) is 86.9 Å². The van der Waals surface area contributed by atoms with Crippen LogP contribution in [0.25, 0.3) is 15.4 Å². The van der Waals surface area contributed by atoms with E-state index in [1.54, 1.807) is 33.9 Å². The number of β-amino-alcohol motifs (C(OH)–C–C–N with tert-alkyl or cyclic N) is 1. The van der Waals surface area contributed by atoms with Crippen LogP contribution in [0.1, 0.15) is 93.1 Å². The molecule has 6 aromatic rings. The molecule has 6 heterocycles. The SMILES string of the molecule is Cc1ncsc1-c1ccc(CNC(=O)[C@@H]2C[C@@H](O)CN2C(=O)[C@H](C(C)C)N2Cc3ccccc3C2=O)c(OCCOCCOCCOCCOCCOCCNC(=O)C[C@@H]2N=C(c3ccc(Cl)cc3)c3c(sc(C)c3C)-n3c(C)nnc32)c1. The summed E-state index contributed by atoms with van der Waals surface area (Å²) >= 11 is 9.43. The van der Waals surface area contributed by atoms with Gasteiger partial charge in [-0.15, -0.1) is 32.9 Å². The van der Waals surface area contributed by atoms with Crippen molar-refractivity contribution >= 4 is 63.6 Å². The largest absolute Gasteiger partial charge is 0.491 e. The number of nitrogens with one attached hydrogen (secondary N) is 2. The molecule has 83 heavy (non-hydrogen) atoms. The molecule has 1 saturated heterocycles. The van der Waals surface area contributed by atoms with E-state index in [1.165, 1.54) is 21.1 Å². The maximum atomic E-state index is 14.3. The summed E-state index contributed by atoms with van der Waals surface area (Å²) in [4.78, 5) is 69.7. The summed E-state index contributed by atoms with van der Waals surface area (Å²) in [5.41, 5.74) is 9.59. The number of hydrogen-bond donors (Lipinski definition) is 3. The van der Waals surface area contributed by atoms with Crippen LogP contribution in [0.3, 0.4) is 0 Å². The molecular formula is C60H72ClN9O11S2. The van der Waals surface area contributed by atoms with Gasteiger partial charge in [-0.2, -0.15) is 0 Å². The molecule has 3 aliphatic rings. The fourth-order valence-corrected chi connectivity index (χ4v) is 12.6. The minimum Gasteiger partial charge on any atom is -0.491 e. The van der Waals surface area contributed by atoms with E-state index in [-0.39, 0.29) is 62.8 Å². The molecule has 0 bridgehead atoms. The number of thiazole rings is 1. The topological polar surface area (TPSA) is 230 Å². The van der Waals surface area contributed by atoms with Gasteiger partial charge >= 0.3 is 0 Å². The number of aromatic nitrogens is 4. The Morgan fingerprint density at radius 3 is 2.14 bits per heavy atom.